The van der Waals surface area contributed by atoms with Crippen LogP contribution in [0.2, 0.25) is 0 Å². The van der Waals surface area contributed by atoms with Gasteiger partial charge < -0.3 is 4.42 Å². The first-order chi connectivity index (χ1) is 8.72. The van der Waals surface area contributed by atoms with E-state index in [0.29, 0.717) is 28.8 Å². The third-order valence-corrected chi connectivity index (χ3v) is 4.46. The third kappa shape index (κ3) is 2.52. The van der Waals surface area contributed by atoms with Gasteiger partial charge in [-0.15, -0.1) is 10.2 Å². The second kappa shape index (κ2) is 4.56. The van der Waals surface area contributed by atoms with E-state index in [1.54, 1.807) is 6.92 Å². The molecule has 96 valence electrons. The zero-order chi connectivity index (χ0) is 12.6. The summed E-state index contributed by atoms with van der Waals surface area (Å²) in [4.78, 5) is 0. The maximum atomic E-state index is 9.55. The SMILES string of the molecule is Cc1nnc(SCC(C#N)(NC2CC2)C2CC2)o1. The molecule has 0 amide bonds. The van der Waals surface area contributed by atoms with Gasteiger partial charge in [-0.05, 0) is 31.6 Å². The summed E-state index contributed by atoms with van der Waals surface area (Å²) in [6.07, 6.45) is 4.69. The van der Waals surface area contributed by atoms with E-state index in [9.17, 15) is 5.26 Å². The summed E-state index contributed by atoms with van der Waals surface area (Å²) < 4.78 is 5.35. The van der Waals surface area contributed by atoms with Gasteiger partial charge in [0.2, 0.25) is 5.89 Å². The predicted molar refractivity (Wildman–Crippen MR) is 67.0 cm³/mol. The quantitative estimate of drug-likeness (QED) is 0.791. The number of nitrogens with zero attached hydrogens (tertiary/aromatic N) is 3. The van der Waals surface area contributed by atoms with Gasteiger partial charge in [-0.3, -0.25) is 5.32 Å². The average Bonchev–Trinajstić information content (AvgIpc) is 3.25. The van der Waals surface area contributed by atoms with E-state index in [0.717, 1.165) is 12.8 Å². The Balaban J connectivity index is 1.67. The molecule has 5 nitrogen and oxygen atoms in total. The van der Waals surface area contributed by atoms with E-state index in [-0.39, 0.29) is 0 Å². The molecule has 6 heteroatoms. The fraction of sp³-hybridized carbons (Fsp3) is 0.750. The molecule has 2 saturated carbocycles. The van der Waals surface area contributed by atoms with Crippen LogP contribution in [0.4, 0.5) is 0 Å². The van der Waals surface area contributed by atoms with E-state index in [1.807, 2.05) is 0 Å². The van der Waals surface area contributed by atoms with Gasteiger partial charge in [-0.1, -0.05) is 11.8 Å². The molecule has 2 aliphatic carbocycles. The van der Waals surface area contributed by atoms with Crippen molar-refractivity contribution in [2.45, 2.75) is 49.4 Å². The highest BCUT2D eigenvalue weighted by atomic mass is 32.2. The molecular weight excluding hydrogens is 248 g/mol. The molecule has 0 saturated heterocycles. The lowest BCUT2D eigenvalue weighted by atomic mass is 9.97. The minimum absolute atomic E-state index is 0.409. The van der Waals surface area contributed by atoms with Gasteiger partial charge in [0.25, 0.3) is 5.22 Å². The highest BCUT2D eigenvalue weighted by Crippen LogP contribution is 2.43. The van der Waals surface area contributed by atoms with Gasteiger partial charge in [0.1, 0.15) is 5.54 Å². The van der Waals surface area contributed by atoms with Crippen molar-refractivity contribution in [2.24, 2.45) is 5.92 Å². The van der Waals surface area contributed by atoms with Gasteiger partial charge in [0.15, 0.2) is 0 Å². The third-order valence-electron chi connectivity index (χ3n) is 3.44. The lowest BCUT2D eigenvalue weighted by Crippen LogP contribution is -2.49. The number of hydrogen-bond acceptors (Lipinski definition) is 6. The molecule has 0 aromatic carbocycles. The highest BCUT2D eigenvalue weighted by Gasteiger charge is 2.48. The maximum absolute atomic E-state index is 9.55. The first-order valence-electron chi connectivity index (χ1n) is 6.34. The minimum Gasteiger partial charge on any atom is -0.416 e. The number of nitriles is 1. The summed E-state index contributed by atoms with van der Waals surface area (Å²) in [5.74, 6) is 1.74. The highest BCUT2D eigenvalue weighted by molar-refractivity contribution is 7.99. The van der Waals surface area contributed by atoms with Gasteiger partial charge in [0.05, 0.1) is 6.07 Å². The van der Waals surface area contributed by atoms with Crippen LogP contribution < -0.4 is 5.32 Å². The molecule has 0 bridgehead atoms. The van der Waals surface area contributed by atoms with Crippen LogP contribution in [-0.2, 0) is 0 Å². The van der Waals surface area contributed by atoms with Crippen molar-refractivity contribution in [3.8, 4) is 6.07 Å². The predicted octanol–water partition coefficient (Wildman–Crippen LogP) is 1.89. The molecule has 3 rings (SSSR count). The standard InChI is InChI=1S/C12H16N4OS/c1-8-15-16-11(17-8)18-7-12(6-13,9-2-3-9)14-10-4-5-10/h9-10,14H,2-5,7H2,1H3. The lowest BCUT2D eigenvalue weighted by molar-refractivity contribution is 0.396. The molecule has 2 aliphatic rings. The number of thioether (sulfide) groups is 1. The Kier molecular flexibility index (Phi) is 3.04. The van der Waals surface area contributed by atoms with Crippen molar-refractivity contribution in [1.29, 1.82) is 5.26 Å². The minimum atomic E-state index is -0.409. The Labute approximate surface area is 110 Å². The summed E-state index contributed by atoms with van der Waals surface area (Å²) in [7, 11) is 0. The molecule has 1 aromatic rings. The summed E-state index contributed by atoms with van der Waals surface area (Å²) >= 11 is 1.49. The number of rotatable bonds is 6. The largest absolute Gasteiger partial charge is 0.416 e. The van der Waals surface area contributed by atoms with E-state index >= 15 is 0 Å². The van der Waals surface area contributed by atoms with Crippen molar-refractivity contribution in [3.05, 3.63) is 5.89 Å². The molecule has 1 atom stereocenters. The van der Waals surface area contributed by atoms with Crippen LogP contribution in [0.25, 0.3) is 0 Å². The normalized spacial score (nSPS) is 22.4. The number of aryl methyl sites for hydroxylation is 1. The molecule has 1 heterocycles. The van der Waals surface area contributed by atoms with Crippen molar-refractivity contribution >= 4 is 11.8 Å². The zero-order valence-corrected chi connectivity index (χ0v) is 11.2. The van der Waals surface area contributed by atoms with Crippen LogP contribution in [0.1, 0.15) is 31.6 Å². The van der Waals surface area contributed by atoms with Crippen molar-refractivity contribution in [3.63, 3.8) is 0 Å². The Hall–Kier alpha value is -1.06. The Morgan fingerprint density at radius 2 is 2.22 bits per heavy atom. The molecule has 1 N–H and O–H groups in total. The number of aromatic nitrogens is 2. The van der Waals surface area contributed by atoms with Crippen LogP contribution in [0.5, 0.6) is 0 Å². The second-order valence-corrected chi connectivity index (χ2v) is 6.08. The maximum Gasteiger partial charge on any atom is 0.276 e. The molecule has 2 fully saturated rings. The molecule has 1 aromatic heterocycles. The molecule has 0 aliphatic heterocycles. The average molecular weight is 264 g/mol. The summed E-state index contributed by atoms with van der Waals surface area (Å²) in [5.41, 5.74) is -0.409. The fourth-order valence-corrected chi connectivity index (χ4v) is 3.13. The van der Waals surface area contributed by atoms with Gasteiger partial charge in [-0.2, -0.15) is 5.26 Å². The summed E-state index contributed by atoms with van der Waals surface area (Å²) in [5, 5.41) is 21.4. The monoisotopic (exact) mass is 264 g/mol. The first kappa shape index (κ1) is 12.0. The summed E-state index contributed by atoms with van der Waals surface area (Å²) in [6, 6.07) is 3.04. The van der Waals surface area contributed by atoms with Gasteiger partial charge in [0, 0.05) is 18.7 Å². The van der Waals surface area contributed by atoms with Crippen LogP contribution in [0, 0.1) is 24.2 Å². The van der Waals surface area contributed by atoms with Crippen molar-refractivity contribution in [2.75, 3.05) is 5.75 Å². The van der Waals surface area contributed by atoms with E-state index in [4.69, 9.17) is 4.42 Å². The Morgan fingerprint density at radius 1 is 1.44 bits per heavy atom. The smallest absolute Gasteiger partial charge is 0.276 e. The van der Waals surface area contributed by atoms with Crippen LogP contribution in [-0.4, -0.2) is 27.5 Å². The van der Waals surface area contributed by atoms with E-state index in [1.165, 1.54) is 24.6 Å². The first-order valence-corrected chi connectivity index (χ1v) is 7.32. The van der Waals surface area contributed by atoms with Crippen molar-refractivity contribution in [1.82, 2.24) is 15.5 Å². The van der Waals surface area contributed by atoms with Crippen LogP contribution in [0.15, 0.2) is 9.64 Å². The fourth-order valence-electron chi connectivity index (χ4n) is 2.11. The lowest BCUT2D eigenvalue weighted by Gasteiger charge is -2.27. The molecule has 0 spiro atoms. The molecular formula is C12H16N4OS. The zero-order valence-electron chi connectivity index (χ0n) is 10.3. The number of nitrogens with one attached hydrogen (secondary N) is 1. The van der Waals surface area contributed by atoms with Gasteiger partial charge in [-0.25, -0.2) is 0 Å². The molecule has 18 heavy (non-hydrogen) atoms. The second-order valence-electron chi connectivity index (χ2n) is 5.15. The van der Waals surface area contributed by atoms with Crippen molar-refractivity contribution < 1.29 is 4.42 Å². The van der Waals surface area contributed by atoms with E-state index in [2.05, 4.69) is 21.6 Å². The Morgan fingerprint density at radius 3 is 2.72 bits per heavy atom. The van der Waals surface area contributed by atoms with E-state index < -0.39 is 5.54 Å². The van der Waals surface area contributed by atoms with Crippen LogP contribution >= 0.6 is 11.8 Å². The molecule has 0 radical (unpaired) electrons. The van der Waals surface area contributed by atoms with Crippen LogP contribution in [0.3, 0.4) is 0 Å². The topological polar surface area (TPSA) is 74.7 Å². The summed E-state index contributed by atoms with van der Waals surface area (Å²) in [6.45, 7) is 1.78. The van der Waals surface area contributed by atoms with Gasteiger partial charge >= 0.3 is 0 Å². The molecule has 1 unspecified atom stereocenters. The Bertz CT molecular complexity index is 475. The number of hydrogen-bond donors (Lipinski definition) is 1.